The van der Waals surface area contributed by atoms with Gasteiger partial charge in [-0.05, 0) is 19.1 Å². The first-order chi connectivity index (χ1) is 15.6. The number of thioether (sulfide) groups is 1. The third kappa shape index (κ3) is 5.41. The molecule has 0 aliphatic rings. The number of aromatic nitrogens is 2. The number of amides is 1. The van der Waals surface area contributed by atoms with Crippen LogP contribution in [0.25, 0.3) is 22.5 Å². The molecule has 0 fully saturated rings. The minimum atomic E-state index is -0.111. The second kappa shape index (κ2) is 10.2. The largest absolute Gasteiger partial charge is 0.302 e. The van der Waals surface area contributed by atoms with E-state index in [1.54, 1.807) is 6.07 Å². The van der Waals surface area contributed by atoms with Crippen LogP contribution in [0.5, 0.6) is 0 Å². The Kier molecular flexibility index (Phi) is 6.95. The Morgan fingerprint density at radius 1 is 1.00 bits per heavy atom. The maximum Gasteiger partial charge on any atom is 0.226 e. The third-order valence-corrected chi connectivity index (χ3v) is 6.47. The van der Waals surface area contributed by atoms with E-state index in [-0.39, 0.29) is 5.91 Å². The molecule has 7 heteroatoms. The number of thiazole rings is 1. The Balaban J connectivity index is 1.35. The Morgan fingerprint density at radius 3 is 2.50 bits per heavy atom. The fourth-order valence-electron chi connectivity index (χ4n) is 3.02. The van der Waals surface area contributed by atoms with Crippen LogP contribution >= 0.6 is 23.1 Å². The van der Waals surface area contributed by atoms with Crippen molar-refractivity contribution < 1.29 is 4.79 Å². The summed E-state index contributed by atoms with van der Waals surface area (Å²) in [6.07, 6.45) is 0.298. The van der Waals surface area contributed by atoms with E-state index in [9.17, 15) is 10.1 Å². The highest BCUT2D eigenvalue weighted by Crippen LogP contribution is 2.27. The fraction of sp³-hybridized carbons (Fsp3) is 0.120. The molecule has 0 aliphatic heterocycles. The van der Waals surface area contributed by atoms with Crippen molar-refractivity contribution in [1.29, 1.82) is 5.26 Å². The van der Waals surface area contributed by atoms with Crippen LogP contribution in [-0.2, 0) is 4.79 Å². The van der Waals surface area contributed by atoms with Gasteiger partial charge in [0, 0.05) is 28.7 Å². The second-order valence-corrected chi connectivity index (χ2v) is 9.02. The zero-order valence-corrected chi connectivity index (χ0v) is 19.0. The van der Waals surface area contributed by atoms with Gasteiger partial charge in [-0.15, -0.1) is 23.1 Å². The van der Waals surface area contributed by atoms with E-state index in [0.29, 0.717) is 27.9 Å². The quantitative estimate of drug-likeness (QED) is 0.336. The van der Waals surface area contributed by atoms with Gasteiger partial charge in [0.2, 0.25) is 5.91 Å². The standard InChI is InChI=1S/C25H20N4OS2/c1-17-7-9-19(10-8-17)22-16-32-25(28-22)29-23(30)13-14-31-24-20(15-26)11-12-21(27-24)18-5-3-2-4-6-18/h2-12,16H,13-14H2,1H3,(H,28,29,30). The molecule has 2 aromatic heterocycles. The number of carbonyl (C=O) groups is 1. The molecule has 0 saturated heterocycles. The van der Waals surface area contributed by atoms with Crippen molar-refractivity contribution >= 4 is 34.1 Å². The van der Waals surface area contributed by atoms with Gasteiger partial charge in [-0.2, -0.15) is 5.26 Å². The fourth-order valence-corrected chi connectivity index (χ4v) is 4.66. The van der Waals surface area contributed by atoms with Gasteiger partial charge in [-0.1, -0.05) is 60.2 Å². The van der Waals surface area contributed by atoms with Crippen molar-refractivity contribution in [2.24, 2.45) is 0 Å². The van der Waals surface area contributed by atoms with Crippen LogP contribution in [0, 0.1) is 18.3 Å². The Bertz CT molecular complexity index is 1260. The van der Waals surface area contributed by atoms with Gasteiger partial charge < -0.3 is 5.32 Å². The summed E-state index contributed by atoms with van der Waals surface area (Å²) in [5.41, 5.74) is 5.38. The number of hydrogen-bond donors (Lipinski definition) is 1. The molecule has 0 unspecified atom stereocenters. The first-order valence-corrected chi connectivity index (χ1v) is 11.9. The molecule has 4 rings (SSSR count). The van der Waals surface area contributed by atoms with Crippen LogP contribution in [0.3, 0.4) is 0 Å². The highest BCUT2D eigenvalue weighted by molar-refractivity contribution is 7.99. The van der Waals surface area contributed by atoms with Crippen LogP contribution in [-0.4, -0.2) is 21.6 Å². The van der Waals surface area contributed by atoms with Gasteiger partial charge in [0.25, 0.3) is 0 Å². The molecule has 5 nitrogen and oxygen atoms in total. The van der Waals surface area contributed by atoms with Gasteiger partial charge in [0.1, 0.15) is 11.1 Å². The Morgan fingerprint density at radius 2 is 1.75 bits per heavy atom. The second-order valence-electron chi connectivity index (χ2n) is 7.08. The first-order valence-electron chi connectivity index (χ1n) is 10.0. The number of anilines is 1. The summed E-state index contributed by atoms with van der Waals surface area (Å²) >= 11 is 2.82. The number of carbonyl (C=O) groups excluding carboxylic acids is 1. The highest BCUT2D eigenvalue weighted by Gasteiger charge is 2.11. The van der Waals surface area contributed by atoms with Crippen molar-refractivity contribution in [3.05, 3.63) is 83.2 Å². The number of hydrogen-bond acceptors (Lipinski definition) is 6. The van der Waals surface area contributed by atoms with Gasteiger partial charge in [-0.3, -0.25) is 4.79 Å². The van der Waals surface area contributed by atoms with E-state index in [4.69, 9.17) is 0 Å². The molecule has 0 aliphatic carbocycles. The molecular weight excluding hydrogens is 436 g/mol. The summed E-state index contributed by atoms with van der Waals surface area (Å²) < 4.78 is 0. The Labute approximate surface area is 195 Å². The van der Waals surface area contributed by atoms with E-state index < -0.39 is 0 Å². The lowest BCUT2D eigenvalue weighted by atomic mass is 10.1. The molecule has 0 bridgehead atoms. The molecule has 158 valence electrons. The minimum Gasteiger partial charge on any atom is -0.302 e. The molecule has 0 radical (unpaired) electrons. The third-order valence-electron chi connectivity index (χ3n) is 4.72. The molecule has 32 heavy (non-hydrogen) atoms. The number of rotatable bonds is 7. The van der Waals surface area contributed by atoms with Gasteiger partial charge in [0.05, 0.1) is 17.0 Å². The van der Waals surface area contributed by atoms with Crippen LogP contribution in [0.1, 0.15) is 17.5 Å². The molecule has 4 aromatic rings. The number of nitrogens with zero attached hydrogens (tertiary/aromatic N) is 3. The van der Waals surface area contributed by atoms with Crippen LogP contribution in [0.4, 0.5) is 5.13 Å². The normalized spacial score (nSPS) is 10.5. The summed E-state index contributed by atoms with van der Waals surface area (Å²) in [4.78, 5) is 21.5. The lowest BCUT2D eigenvalue weighted by Crippen LogP contribution is -2.12. The molecular formula is C25H20N4OS2. The number of pyridine rings is 1. The average molecular weight is 457 g/mol. The molecule has 2 aromatic carbocycles. The average Bonchev–Trinajstić information content (AvgIpc) is 3.28. The predicted octanol–water partition coefficient (Wildman–Crippen LogP) is 6.17. The summed E-state index contributed by atoms with van der Waals surface area (Å²) in [7, 11) is 0. The smallest absolute Gasteiger partial charge is 0.226 e. The van der Waals surface area contributed by atoms with Crippen molar-refractivity contribution in [2.45, 2.75) is 18.4 Å². The van der Waals surface area contributed by atoms with Crippen LogP contribution in [0.15, 0.2) is 77.1 Å². The van der Waals surface area contributed by atoms with Crippen molar-refractivity contribution in [2.75, 3.05) is 11.1 Å². The lowest BCUT2D eigenvalue weighted by molar-refractivity contribution is -0.115. The number of nitrogens with one attached hydrogen (secondary N) is 1. The molecule has 0 atom stereocenters. The zero-order chi connectivity index (χ0) is 22.3. The number of benzene rings is 2. The number of nitriles is 1. The summed E-state index contributed by atoms with van der Waals surface area (Å²) in [5.74, 6) is 0.405. The van der Waals surface area contributed by atoms with E-state index in [0.717, 1.165) is 22.5 Å². The van der Waals surface area contributed by atoms with Gasteiger partial charge >= 0.3 is 0 Å². The van der Waals surface area contributed by atoms with Crippen LogP contribution < -0.4 is 5.32 Å². The molecule has 0 spiro atoms. The summed E-state index contributed by atoms with van der Waals surface area (Å²) in [5, 5.41) is 15.4. The summed E-state index contributed by atoms with van der Waals surface area (Å²) in [6, 6.07) is 23.8. The van der Waals surface area contributed by atoms with Gasteiger partial charge in [0.15, 0.2) is 5.13 Å². The van der Waals surface area contributed by atoms with E-state index in [1.807, 2.05) is 73.0 Å². The summed E-state index contributed by atoms with van der Waals surface area (Å²) in [6.45, 7) is 2.04. The van der Waals surface area contributed by atoms with Crippen LogP contribution in [0.2, 0.25) is 0 Å². The van der Waals surface area contributed by atoms with E-state index >= 15 is 0 Å². The number of aryl methyl sites for hydroxylation is 1. The minimum absolute atomic E-state index is 0.111. The zero-order valence-electron chi connectivity index (χ0n) is 17.4. The maximum atomic E-state index is 12.4. The molecule has 1 N–H and O–H groups in total. The monoisotopic (exact) mass is 456 g/mol. The van der Waals surface area contributed by atoms with Gasteiger partial charge in [-0.25, -0.2) is 9.97 Å². The maximum absolute atomic E-state index is 12.4. The molecule has 1 amide bonds. The highest BCUT2D eigenvalue weighted by atomic mass is 32.2. The Hall–Kier alpha value is -3.47. The van der Waals surface area contributed by atoms with Crippen molar-refractivity contribution in [1.82, 2.24) is 9.97 Å². The lowest BCUT2D eigenvalue weighted by Gasteiger charge is -2.07. The predicted molar refractivity (Wildman–Crippen MR) is 131 cm³/mol. The SMILES string of the molecule is Cc1ccc(-c2csc(NC(=O)CCSc3nc(-c4ccccc4)ccc3C#N)n2)cc1. The molecule has 0 saturated carbocycles. The van der Waals surface area contributed by atoms with Crippen molar-refractivity contribution in [3.8, 4) is 28.6 Å². The topological polar surface area (TPSA) is 78.7 Å². The molecule has 2 heterocycles. The van der Waals surface area contributed by atoms with E-state index in [1.165, 1.54) is 28.7 Å². The van der Waals surface area contributed by atoms with Crippen molar-refractivity contribution in [3.63, 3.8) is 0 Å². The van der Waals surface area contributed by atoms with E-state index in [2.05, 4.69) is 21.4 Å². The first kappa shape index (κ1) is 21.8.